The van der Waals surface area contributed by atoms with E-state index in [2.05, 4.69) is 44.0 Å². The van der Waals surface area contributed by atoms with Gasteiger partial charge in [-0.2, -0.15) is 0 Å². The van der Waals surface area contributed by atoms with Gasteiger partial charge in [0.05, 0.1) is 20.3 Å². The highest BCUT2D eigenvalue weighted by Crippen LogP contribution is 2.24. The highest BCUT2D eigenvalue weighted by Gasteiger charge is 2.22. The molecule has 2 aliphatic rings. The second kappa shape index (κ2) is 10.0. The molecule has 0 radical (unpaired) electrons. The number of rotatable bonds is 7. The molecule has 1 aromatic heterocycles. The summed E-state index contributed by atoms with van der Waals surface area (Å²) in [6.45, 7) is 5.37. The van der Waals surface area contributed by atoms with Gasteiger partial charge in [0.25, 0.3) is 0 Å². The van der Waals surface area contributed by atoms with E-state index in [0.717, 1.165) is 51.0 Å². The zero-order valence-corrected chi connectivity index (χ0v) is 17.4. The number of likely N-dealkylation sites (tertiary alicyclic amines) is 1. The Kier molecular flexibility index (Phi) is 6.96. The van der Waals surface area contributed by atoms with Crippen molar-refractivity contribution in [2.45, 2.75) is 44.7 Å². The van der Waals surface area contributed by atoms with Gasteiger partial charge in [-0.05, 0) is 49.9 Å². The van der Waals surface area contributed by atoms with Crippen molar-refractivity contribution in [3.63, 3.8) is 0 Å². The molecule has 0 aliphatic carbocycles. The van der Waals surface area contributed by atoms with Crippen molar-refractivity contribution in [2.24, 2.45) is 0 Å². The number of aryl methyl sites for hydroxylation is 1. The molecule has 6 heteroatoms. The van der Waals surface area contributed by atoms with Crippen LogP contribution < -0.4 is 9.64 Å². The molecule has 6 nitrogen and oxygen atoms in total. The molecule has 2 aliphatic heterocycles. The molecule has 0 N–H and O–H groups in total. The summed E-state index contributed by atoms with van der Waals surface area (Å²) >= 11 is 0. The third-order valence-corrected chi connectivity index (χ3v) is 6.05. The minimum atomic E-state index is 0.629. The lowest BCUT2D eigenvalue weighted by Gasteiger charge is -2.36. The number of benzene rings is 1. The van der Waals surface area contributed by atoms with Crippen LogP contribution in [0.3, 0.4) is 0 Å². The van der Waals surface area contributed by atoms with E-state index >= 15 is 0 Å². The summed E-state index contributed by atoms with van der Waals surface area (Å²) in [4.78, 5) is 14.1. The molecular weight excluding hydrogens is 364 g/mol. The average molecular weight is 397 g/mol. The first-order valence-corrected chi connectivity index (χ1v) is 10.8. The Bertz CT molecular complexity index is 744. The quantitative estimate of drug-likeness (QED) is 0.716. The zero-order valence-electron chi connectivity index (χ0n) is 17.4. The van der Waals surface area contributed by atoms with Gasteiger partial charge in [0.1, 0.15) is 5.75 Å². The maximum Gasteiger partial charge on any atom is 0.225 e. The summed E-state index contributed by atoms with van der Waals surface area (Å²) in [5.74, 6) is 1.75. The lowest BCUT2D eigenvalue weighted by Crippen LogP contribution is -2.39. The van der Waals surface area contributed by atoms with E-state index in [-0.39, 0.29) is 0 Å². The zero-order chi connectivity index (χ0) is 19.9. The van der Waals surface area contributed by atoms with E-state index in [9.17, 15) is 0 Å². The number of anilines is 1. The second-order valence-electron chi connectivity index (χ2n) is 8.00. The minimum absolute atomic E-state index is 0.629. The number of aromatic nitrogens is 2. The van der Waals surface area contributed by atoms with Crippen LogP contribution in [-0.4, -0.2) is 60.9 Å². The molecular formula is C23H32N4O2. The van der Waals surface area contributed by atoms with Crippen molar-refractivity contribution < 1.29 is 9.47 Å². The predicted octanol–water partition coefficient (Wildman–Crippen LogP) is 3.31. The van der Waals surface area contributed by atoms with E-state index in [0.29, 0.717) is 6.04 Å². The highest BCUT2D eigenvalue weighted by molar-refractivity contribution is 5.30. The van der Waals surface area contributed by atoms with Crippen LogP contribution in [0.4, 0.5) is 5.95 Å². The Morgan fingerprint density at radius 3 is 2.48 bits per heavy atom. The van der Waals surface area contributed by atoms with Gasteiger partial charge in [0.2, 0.25) is 5.95 Å². The molecule has 3 heterocycles. The normalized spacial score (nSPS) is 20.6. The largest absolute Gasteiger partial charge is 0.497 e. The first-order chi connectivity index (χ1) is 14.3. The molecule has 0 spiro atoms. The van der Waals surface area contributed by atoms with E-state index in [1.54, 1.807) is 7.11 Å². The smallest absolute Gasteiger partial charge is 0.225 e. The topological polar surface area (TPSA) is 50.7 Å². The number of hydrogen-bond donors (Lipinski definition) is 0. The summed E-state index contributed by atoms with van der Waals surface area (Å²) in [7, 11) is 1.71. The van der Waals surface area contributed by atoms with Crippen molar-refractivity contribution in [2.75, 3.05) is 44.9 Å². The van der Waals surface area contributed by atoms with Crippen LogP contribution in [0.15, 0.2) is 36.7 Å². The van der Waals surface area contributed by atoms with Gasteiger partial charge in [0.15, 0.2) is 0 Å². The average Bonchev–Trinajstić information content (AvgIpc) is 2.80. The van der Waals surface area contributed by atoms with E-state index < -0.39 is 0 Å². The lowest BCUT2D eigenvalue weighted by molar-refractivity contribution is 0.122. The van der Waals surface area contributed by atoms with Crippen LogP contribution in [0.1, 0.15) is 36.8 Å². The maximum atomic E-state index is 5.41. The summed E-state index contributed by atoms with van der Waals surface area (Å²) in [5, 5.41) is 0. The van der Waals surface area contributed by atoms with Crippen molar-refractivity contribution >= 4 is 5.95 Å². The number of nitrogens with zero attached hydrogens (tertiary/aromatic N) is 4. The molecule has 1 aromatic carbocycles. The molecule has 4 rings (SSSR count). The molecule has 0 amide bonds. The molecule has 0 bridgehead atoms. The van der Waals surface area contributed by atoms with Gasteiger partial charge in [-0.3, -0.25) is 4.90 Å². The predicted molar refractivity (Wildman–Crippen MR) is 114 cm³/mol. The van der Waals surface area contributed by atoms with Gasteiger partial charge >= 0.3 is 0 Å². The van der Waals surface area contributed by atoms with Gasteiger partial charge in [-0.15, -0.1) is 0 Å². The van der Waals surface area contributed by atoms with Crippen molar-refractivity contribution in [3.05, 3.63) is 47.8 Å². The first kappa shape index (κ1) is 20.1. The number of ether oxygens (including phenoxy) is 2. The summed E-state index contributed by atoms with van der Waals surface area (Å²) in [5.41, 5.74) is 2.59. The number of piperidine rings is 1. The second-order valence-corrected chi connectivity index (χ2v) is 8.00. The van der Waals surface area contributed by atoms with Crippen LogP contribution in [0.25, 0.3) is 0 Å². The van der Waals surface area contributed by atoms with Gasteiger partial charge < -0.3 is 14.4 Å². The summed E-state index contributed by atoms with van der Waals surface area (Å²) in [6.07, 6.45) is 10.2. The molecule has 156 valence electrons. The van der Waals surface area contributed by atoms with Crippen LogP contribution in [0.5, 0.6) is 5.75 Å². The number of morpholine rings is 1. The van der Waals surface area contributed by atoms with Crippen LogP contribution >= 0.6 is 0 Å². The standard InChI is InChI=1S/C23H32N4O2/c1-28-22-9-6-19(7-10-22)5-8-21-4-2-3-11-27(21)18-20-16-24-23(25-17-20)26-12-14-29-15-13-26/h6-7,9-10,16-17,21H,2-5,8,11-15,18H2,1H3/t21-/m1/s1. The number of hydrogen-bond acceptors (Lipinski definition) is 6. The van der Waals surface area contributed by atoms with Gasteiger partial charge in [-0.25, -0.2) is 9.97 Å². The fraction of sp³-hybridized carbons (Fsp3) is 0.565. The lowest BCUT2D eigenvalue weighted by atomic mass is 9.95. The Morgan fingerprint density at radius 2 is 1.76 bits per heavy atom. The Hall–Kier alpha value is -2.18. The Balaban J connectivity index is 1.33. The minimum Gasteiger partial charge on any atom is -0.497 e. The first-order valence-electron chi connectivity index (χ1n) is 10.8. The molecule has 0 saturated carbocycles. The molecule has 2 aromatic rings. The van der Waals surface area contributed by atoms with Gasteiger partial charge in [-0.1, -0.05) is 18.6 Å². The van der Waals surface area contributed by atoms with E-state index in [1.165, 1.54) is 43.4 Å². The van der Waals surface area contributed by atoms with Crippen LogP contribution in [-0.2, 0) is 17.7 Å². The van der Waals surface area contributed by atoms with Crippen LogP contribution in [0.2, 0.25) is 0 Å². The molecule has 29 heavy (non-hydrogen) atoms. The maximum absolute atomic E-state index is 5.41. The molecule has 1 atom stereocenters. The fourth-order valence-electron chi connectivity index (χ4n) is 4.31. The third kappa shape index (κ3) is 5.46. The van der Waals surface area contributed by atoms with E-state index in [1.807, 2.05) is 12.4 Å². The molecule has 2 fully saturated rings. The van der Waals surface area contributed by atoms with Crippen molar-refractivity contribution in [3.8, 4) is 5.75 Å². The Labute approximate surface area is 173 Å². The summed E-state index contributed by atoms with van der Waals surface area (Å²) < 4.78 is 10.7. The van der Waals surface area contributed by atoms with Crippen LogP contribution in [0, 0.1) is 0 Å². The van der Waals surface area contributed by atoms with Crippen molar-refractivity contribution in [1.82, 2.24) is 14.9 Å². The summed E-state index contributed by atoms with van der Waals surface area (Å²) in [6, 6.07) is 9.11. The monoisotopic (exact) mass is 396 g/mol. The molecule has 2 saturated heterocycles. The van der Waals surface area contributed by atoms with Gasteiger partial charge in [0, 0.05) is 43.6 Å². The fourth-order valence-corrected chi connectivity index (χ4v) is 4.31. The number of methoxy groups -OCH3 is 1. The van der Waals surface area contributed by atoms with Crippen molar-refractivity contribution in [1.29, 1.82) is 0 Å². The highest BCUT2D eigenvalue weighted by atomic mass is 16.5. The Morgan fingerprint density at radius 1 is 1.00 bits per heavy atom. The SMILES string of the molecule is COc1ccc(CC[C@H]2CCCCN2Cc2cnc(N3CCOCC3)nc2)cc1. The third-order valence-electron chi connectivity index (χ3n) is 6.05. The van der Waals surface area contributed by atoms with E-state index in [4.69, 9.17) is 9.47 Å². The molecule has 0 unspecified atom stereocenters.